The molecule has 0 spiro atoms. The van der Waals surface area contributed by atoms with E-state index in [0.29, 0.717) is 0 Å². The summed E-state index contributed by atoms with van der Waals surface area (Å²) in [5.74, 6) is 0. The largest absolute Gasteiger partial charge is 0.453 e. The van der Waals surface area contributed by atoms with Crippen LogP contribution in [0.25, 0.3) is 87.6 Å². The highest BCUT2D eigenvalue weighted by Gasteiger charge is 2.38. The molecule has 2 heteroatoms. The van der Waals surface area contributed by atoms with Gasteiger partial charge in [0.2, 0.25) is 0 Å². The third kappa shape index (κ3) is 4.75. The Balaban J connectivity index is 1.17. The number of hydrogen-bond donors (Lipinski definition) is 0. The Labute approximate surface area is 361 Å². The van der Waals surface area contributed by atoms with E-state index >= 15 is 0 Å². The summed E-state index contributed by atoms with van der Waals surface area (Å²) in [6, 6.07) is 69.8. The van der Waals surface area contributed by atoms with Crippen molar-refractivity contribution in [2.45, 2.75) is 38.5 Å². The fourth-order valence-corrected chi connectivity index (χ4v) is 11.3. The van der Waals surface area contributed by atoms with Crippen LogP contribution < -0.4 is 4.90 Å². The van der Waals surface area contributed by atoms with Gasteiger partial charge in [-0.2, -0.15) is 0 Å². The summed E-state index contributed by atoms with van der Waals surface area (Å²) in [5, 5.41) is 9.43. The van der Waals surface area contributed by atoms with Crippen LogP contribution >= 0.6 is 0 Å². The Bertz CT molecular complexity index is 3600. The lowest BCUT2D eigenvalue weighted by atomic mass is 9.82. The number of furan rings is 1. The van der Waals surface area contributed by atoms with Gasteiger partial charge in [0.05, 0.1) is 5.69 Å². The molecule has 11 aromatic rings. The maximum atomic E-state index is 7.51. The second-order valence-corrected chi connectivity index (χ2v) is 18.4. The van der Waals surface area contributed by atoms with E-state index in [-0.39, 0.29) is 10.8 Å². The molecule has 294 valence electrons. The summed E-state index contributed by atoms with van der Waals surface area (Å²) in [7, 11) is 0. The summed E-state index contributed by atoms with van der Waals surface area (Å²) in [6.07, 6.45) is 0. The van der Waals surface area contributed by atoms with Crippen molar-refractivity contribution in [1.82, 2.24) is 0 Å². The summed E-state index contributed by atoms with van der Waals surface area (Å²) >= 11 is 0. The molecular formula is C60H43NO. The maximum absolute atomic E-state index is 7.51. The fraction of sp³-hybridized carbons (Fsp3) is 0.100. The van der Waals surface area contributed by atoms with Gasteiger partial charge in [-0.25, -0.2) is 0 Å². The van der Waals surface area contributed by atoms with Gasteiger partial charge >= 0.3 is 0 Å². The van der Waals surface area contributed by atoms with Crippen molar-refractivity contribution < 1.29 is 4.42 Å². The molecule has 0 bridgehead atoms. The summed E-state index contributed by atoms with van der Waals surface area (Å²) in [4.78, 5) is 2.51. The van der Waals surface area contributed by atoms with Gasteiger partial charge in [0.15, 0.2) is 5.58 Å². The van der Waals surface area contributed by atoms with Gasteiger partial charge in [-0.3, -0.25) is 0 Å². The van der Waals surface area contributed by atoms with Crippen LogP contribution in [0.3, 0.4) is 0 Å². The number of fused-ring (bicyclic) bond motifs is 15. The minimum Gasteiger partial charge on any atom is -0.453 e. The molecule has 0 atom stereocenters. The summed E-state index contributed by atoms with van der Waals surface area (Å²) in [6.45, 7) is 9.49. The Kier molecular flexibility index (Phi) is 7.16. The smallest absolute Gasteiger partial charge is 0.160 e. The fourth-order valence-electron chi connectivity index (χ4n) is 11.3. The normalized spacial score (nSPS) is 14.4. The van der Waals surface area contributed by atoms with E-state index in [2.05, 4.69) is 221 Å². The molecular weight excluding hydrogens is 751 g/mol. The van der Waals surface area contributed by atoms with Gasteiger partial charge in [-0.1, -0.05) is 179 Å². The van der Waals surface area contributed by atoms with Crippen LogP contribution in [0.1, 0.15) is 49.9 Å². The predicted octanol–water partition coefficient (Wildman–Crippen LogP) is 16.8. The molecule has 10 aromatic carbocycles. The molecule has 62 heavy (non-hydrogen) atoms. The topological polar surface area (TPSA) is 16.4 Å². The SMILES string of the molecule is CC1(C)c2ccccc2-c2ccc(N(c3ccc4c(c3)C(C)(C)c3ccccc3-4)c3c(-c4ccc5ccccc5c4)ccc4c3oc3c5ccccc5c5ccccc5c43)cc21. The molecule has 0 unspecified atom stereocenters. The molecule has 1 heterocycles. The molecule has 0 N–H and O–H groups in total. The Morgan fingerprint density at radius 2 is 0.855 bits per heavy atom. The minimum atomic E-state index is -0.181. The highest BCUT2D eigenvalue weighted by molar-refractivity contribution is 6.31. The highest BCUT2D eigenvalue weighted by Crippen LogP contribution is 2.56. The van der Waals surface area contributed by atoms with Crippen molar-refractivity contribution >= 4 is 71.3 Å². The van der Waals surface area contributed by atoms with Crippen LogP contribution in [0.2, 0.25) is 0 Å². The van der Waals surface area contributed by atoms with E-state index in [4.69, 9.17) is 4.42 Å². The van der Waals surface area contributed by atoms with E-state index in [9.17, 15) is 0 Å². The minimum absolute atomic E-state index is 0.181. The first-order chi connectivity index (χ1) is 30.3. The van der Waals surface area contributed by atoms with Crippen molar-refractivity contribution in [3.8, 4) is 33.4 Å². The maximum Gasteiger partial charge on any atom is 0.160 e. The van der Waals surface area contributed by atoms with Crippen LogP contribution in [0.15, 0.2) is 192 Å². The van der Waals surface area contributed by atoms with E-state index in [1.165, 1.54) is 71.4 Å². The van der Waals surface area contributed by atoms with E-state index in [1.54, 1.807) is 0 Å². The molecule has 0 aliphatic heterocycles. The van der Waals surface area contributed by atoms with Gasteiger partial charge in [-0.15, -0.1) is 0 Å². The number of hydrogen-bond acceptors (Lipinski definition) is 2. The molecule has 2 nitrogen and oxygen atoms in total. The van der Waals surface area contributed by atoms with Crippen molar-refractivity contribution in [3.63, 3.8) is 0 Å². The van der Waals surface area contributed by atoms with Crippen LogP contribution in [0, 0.1) is 0 Å². The number of benzene rings is 10. The predicted molar refractivity (Wildman–Crippen MR) is 261 cm³/mol. The molecule has 2 aliphatic rings. The standard InChI is InChI=1S/C60H43NO/c1-59(2)51-23-13-11-19-44(51)46-29-27-39(34-53(46)59)61(40-28-30-47-45-20-12-14-24-52(45)60(3,4)54(47)35-40)56-41(38-26-25-36-15-5-6-16-37(36)33-38)31-32-50-55-48-21-9-7-17-42(48)43-18-8-10-22-49(43)57(55)62-58(50)56/h5-35H,1-4H3. The monoisotopic (exact) mass is 793 g/mol. The Morgan fingerprint density at radius 3 is 1.50 bits per heavy atom. The zero-order valence-electron chi connectivity index (χ0n) is 35.3. The van der Waals surface area contributed by atoms with E-state index in [0.717, 1.165) is 55.5 Å². The average molecular weight is 794 g/mol. The number of rotatable bonds is 4. The summed E-state index contributed by atoms with van der Waals surface area (Å²) in [5.41, 5.74) is 17.5. The Morgan fingerprint density at radius 1 is 0.355 bits per heavy atom. The van der Waals surface area contributed by atoms with Crippen LogP contribution in [0.4, 0.5) is 17.1 Å². The zero-order valence-corrected chi connectivity index (χ0v) is 35.3. The molecule has 1 aromatic heterocycles. The van der Waals surface area contributed by atoms with Gasteiger partial charge in [0, 0.05) is 43.9 Å². The molecule has 0 radical (unpaired) electrons. The molecule has 0 saturated carbocycles. The number of nitrogens with zero attached hydrogens (tertiary/aromatic N) is 1. The van der Waals surface area contributed by atoms with Crippen molar-refractivity contribution in [2.24, 2.45) is 0 Å². The van der Waals surface area contributed by atoms with E-state index < -0.39 is 0 Å². The van der Waals surface area contributed by atoms with Gasteiger partial charge in [0.25, 0.3) is 0 Å². The third-order valence-electron chi connectivity index (χ3n) is 14.4. The van der Waals surface area contributed by atoms with Crippen molar-refractivity contribution in [3.05, 3.63) is 210 Å². The average Bonchev–Trinajstić information content (AvgIpc) is 3.90. The van der Waals surface area contributed by atoms with Crippen LogP contribution in [-0.4, -0.2) is 0 Å². The van der Waals surface area contributed by atoms with Crippen LogP contribution in [0.5, 0.6) is 0 Å². The first-order valence-corrected chi connectivity index (χ1v) is 21.8. The first-order valence-electron chi connectivity index (χ1n) is 21.8. The third-order valence-corrected chi connectivity index (χ3v) is 14.4. The molecule has 0 amide bonds. The van der Waals surface area contributed by atoms with Crippen molar-refractivity contribution in [1.29, 1.82) is 0 Å². The quantitative estimate of drug-likeness (QED) is 0.165. The number of anilines is 3. The zero-order chi connectivity index (χ0) is 41.5. The lowest BCUT2D eigenvalue weighted by Crippen LogP contribution is -2.18. The second kappa shape index (κ2) is 12.6. The molecule has 2 aliphatic carbocycles. The van der Waals surface area contributed by atoms with Gasteiger partial charge in [-0.05, 0) is 113 Å². The van der Waals surface area contributed by atoms with E-state index in [1.807, 2.05) is 0 Å². The molecule has 0 saturated heterocycles. The highest BCUT2D eigenvalue weighted by atomic mass is 16.3. The summed E-state index contributed by atoms with van der Waals surface area (Å²) < 4.78 is 7.51. The molecule has 0 fully saturated rings. The molecule has 13 rings (SSSR count). The first kappa shape index (κ1) is 35.3. The van der Waals surface area contributed by atoms with Gasteiger partial charge in [0.1, 0.15) is 5.58 Å². The van der Waals surface area contributed by atoms with Crippen LogP contribution in [-0.2, 0) is 10.8 Å². The van der Waals surface area contributed by atoms with Crippen molar-refractivity contribution in [2.75, 3.05) is 4.90 Å². The Hall–Kier alpha value is -7.42. The van der Waals surface area contributed by atoms with Gasteiger partial charge < -0.3 is 9.32 Å². The second-order valence-electron chi connectivity index (χ2n) is 18.4. The lowest BCUT2D eigenvalue weighted by molar-refractivity contribution is 0.660. The lowest BCUT2D eigenvalue weighted by Gasteiger charge is -2.31.